The zero-order valence-electron chi connectivity index (χ0n) is 13.0. The molecular weight excluding hydrogens is 278 g/mol. The Hall–Kier alpha value is -2.80. The summed E-state index contributed by atoms with van der Waals surface area (Å²) >= 11 is 0. The number of fused-ring (bicyclic) bond motifs is 1. The van der Waals surface area contributed by atoms with Gasteiger partial charge >= 0.3 is 0 Å². The van der Waals surface area contributed by atoms with Crippen molar-refractivity contribution in [1.82, 2.24) is 4.90 Å². The van der Waals surface area contributed by atoms with Gasteiger partial charge in [0.05, 0.1) is 6.04 Å². The molecule has 0 unspecified atom stereocenters. The van der Waals surface area contributed by atoms with Gasteiger partial charge in [-0.2, -0.15) is 0 Å². The molecule has 0 fully saturated rings. The second kappa shape index (κ2) is 6.13. The van der Waals surface area contributed by atoms with Gasteiger partial charge in [-0.1, -0.05) is 84.9 Å². The van der Waals surface area contributed by atoms with Crippen molar-refractivity contribution < 1.29 is 0 Å². The lowest BCUT2D eigenvalue weighted by Gasteiger charge is -2.35. The molecule has 1 aliphatic heterocycles. The second-order valence-electron chi connectivity index (χ2n) is 5.92. The Bertz CT molecular complexity index is 806. The van der Waals surface area contributed by atoms with Gasteiger partial charge in [0, 0.05) is 12.7 Å². The molecule has 0 aliphatic carbocycles. The van der Waals surface area contributed by atoms with Crippen LogP contribution in [0.4, 0.5) is 0 Å². The highest BCUT2D eigenvalue weighted by Gasteiger charge is 2.24. The van der Waals surface area contributed by atoms with Gasteiger partial charge in [0.15, 0.2) is 0 Å². The van der Waals surface area contributed by atoms with E-state index < -0.39 is 0 Å². The molecule has 0 N–H and O–H groups in total. The quantitative estimate of drug-likeness (QED) is 0.637. The zero-order valence-corrected chi connectivity index (χ0v) is 13.0. The first-order chi connectivity index (χ1) is 11.4. The first kappa shape index (κ1) is 13.8. The van der Waals surface area contributed by atoms with E-state index in [0.717, 1.165) is 6.54 Å². The SMILES string of the molecule is C1=CN(Cc2ccccc2)[C@@H](c2ccccc2)c2ccccc21. The average Bonchev–Trinajstić information content (AvgIpc) is 2.63. The molecule has 3 aromatic carbocycles. The molecule has 1 heteroatoms. The van der Waals surface area contributed by atoms with E-state index in [1.165, 1.54) is 22.3 Å². The van der Waals surface area contributed by atoms with Crippen LogP contribution in [0.5, 0.6) is 0 Å². The van der Waals surface area contributed by atoms with E-state index in [4.69, 9.17) is 0 Å². The molecule has 112 valence electrons. The predicted octanol–water partition coefficient (Wildman–Crippen LogP) is 5.26. The molecule has 1 aliphatic rings. The van der Waals surface area contributed by atoms with Crippen molar-refractivity contribution in [1.29, 1.82) is 0 Å². The molecular formula is C22H19N. The van der Waals surface area contributed by atoms with Crippen LogP contribution in [-0.4, -0.2) is 4.90 Å². The fourth-order valence-electron chi connectivity index (χ4n) is 3.30. The van der Waals surface area contributed by atoms with Gasteiger partial charge in [-0.3, -0.25) is 0 Å². The maximum Gasteiger partial charge on any atom is 0.0799 e. The Morgan fingerprint density at radius 2 is 1.35 bits per heavy atom. The molecule has 0 saturated heterocycles. The van der Waals surface area contributed by atoms with Crippen molar-refractivity contribution >= 4 is 6.08 Å². The van der Waals surface area contributed by atoms with Crippen molar-refractivity contribution in [3.63, 3.8) is 0 Å². The number of rotatable bonds is 3. The lowest BCUT2D eigenvalue weighted by molar-refractivity contribution is 0.307. The first-order valence-corrected chi connectivity index (χ1v) is 8.03. The van der Waals surface area contributed by atoms with Gasteiger partial charge in [-0.05, 0) is 28.3 Å². The number of hydrogen-bond acceptors (Lipinski definition) is 1. The topological polar surface area (TPSA) is 3.24 Å². The van der Waals surface area contributed by atoms with Gasteiger partial charge < -0.3 is 4.90 Å². The molecule has 23 heavy (non-hydrogen) atoms. The normalized spacial score (nSPS) is 16.2. The molecule has 0 amide bonds. The van der Waals surface area contributed by atoms with Gasteiger partial charge in [0.1, 0.15) is 0 Å². The maximum atomic E-state index is 2.42. The van der Waals surface area contributed by atoms with E-state index in [2.05, 4.69) is 102 Å². The fourth-order valence-corrected chi connectivity index (χ4v) is 3.30. The maximum absolute atomic E-state index is 2.42. The predicted molar refractivity (Wildman–Crippen MR) is 95.7 cm³/mol. The lowest BCUT2D eigenvalue weighted by Crippen LogP contribution is -2.27. The number of nitrogens with zero attached hydrogens (tertiary/aromatic N) is 1. The average molecular weight is 297 g/mol. The monoisotopic (exact) mass is 297 g/mol. The molecule has 0 aromatic heterocycles. The summed E-state index contributed by atoms with van der Waals surface area (Å²) in [6.07, 6.45) is 4.45. The summed E-state index contributed by atoms with van der Waals surface area (Å²) in [7, 11) is 0. The van der Waals surface area contributed by atoms with Gasteiger partial charge in [-0.15, -0.1) is 0 Å². The van der Waals surface area contributed by atoms with E-state index in [1.54, 1.807) is 0 Å². The van der Waals surface area contributed by atoms with Gasteiger partial charge in [-0.25, -0.2) is 0 Å². The van der Waals surface area contributed by atoms with Crippen LogP contribution in [-0.2, 0) is 6.54 Å². The summed E-state index contributed by atoms with van der Waals surface area (Å²) < 4.78 is 0. The van der Waals surface area contributed by atoms with Crippen LogP contribution < -0.4 is 0 Å². The van der Waals surface area contributed by atoms with Crippen molar-refractivity contribution in [2.45, 2.75) is 12.6 Å². The van der Waals surface area contributed by atoms with Crippen LogP contribution >= 0.6 is 0 Å². The summed E-state index contributed by atoms with van der Waals surface area (Å²) in [5, 5.41) is 0. The summed E-state index contributed by atoms with van der Waals surface area (Å²) in [6, 6.07) is 30.4. The van der Waals surface area contributed by atoms with E-state index in [-0.39, 0.29) is 6.04 Å². The van der Waals surface area contributed by atoms with Crippen LogP contribution in [0.1, 0.15) is 28.3 Å². The molecule has 0 radical (unpaired) electrons. The smallest absolute Gasteiger partial charge is 0.0799 e. The highest BCUT2D eigenvalue weighted by atomic mass is 15.1. The Balaban J connectivity index is 1.76. The zero-order chi connectivity index (χ0) is 15.5. The van der Waals surface area contributed by atoms with Crippen LogP contribution in [0, 0.1) is 0 Å². The minimum atomic E-state index is 0.262. The standard InChI is InChI=1S/C22H19N/c1-3-9-18(10-4-1)17-23-16-15-19-11-7-8-14-21(19)22(23)20-12-5-2-6-13-20/h1-16,22H,17H2/t22-/m0/s1. The molecule has 1 atom stereocenters. The molecule has 3 aromatic rings. The summed E-state index contributed by atoms with van der Waals surface area (Å²) in [4.78, 5) is 2.42. The van der Waals surface area contributed by atoms with Crippen molar-refractivity contribution in [3.05, 3.63) is 113 Å². The minimum Gasteiger partial charge on any atom is -0.362 e. The van der Waals surface area contributed by atoms with E-state index in [1.807, 2.05) is 0 Å². The van der Waals surface area contributed by atoms with Crippen LogP contribution in [0.25, 0.3) is 6.08 Å². The van der Waals surface area contributed by atoms with Gasteiger partial charge in [0.25, 0.3) is 0 Å². The van der Waals surface area contributed by atoms with Crippen LogP contribution in [0.3, 0.4) is 0 Å². The van der Waals surface area contributed by atoms with Crippen molar-refractivity contribution in [3.8, 4) is 0 Å². The number of hydrogen-bond donors (Lipinski definition) is 0. The third-order valence-electron chi connectivity index (χ3n) is 4.39. The molecule has 1 nitrogen and oxygen atoms in total. The highest BCUT2D eigenvalue weighted by Crippen LogP contribution is 2.36. The Labute approximate surface area is 137 Å². The fraction of sp³-hybridized carbons (Fsp3) is 0.0909. The van der Waals surface area contributed by atoms with Gasteiger partial charge in [0.2, 0.25) is 0 Å². The molecule has 1 heterocycles. The summed E-state index contributed by atoms with van der Waals surface area (Å²) in [5.74, 6) is 0. The first-order valence-electron chi connectivity index (χ1n) is 8.03. The Morgan fingerprint density at radius 3 is 2.13 bits per heavy atom. The van der Waals surface area contributed by atoms with Crippen LogP contribution in [0.2, 0.25) is 0 Å². The summed E-state index contributed by atoms with van der Waals surface area (Å²) in [6.45, 7) is 0.908. The van der Waals surface area contributed by atoms with Crippen LogP contribution in [0.15, 0.2) is 91.1 Å². The Morgan fingerprint density at radius 1 is 0.696 bits per heavy atom. The lowest BCUT2D eigenvalue weighted by atomic mass is 9.90. The third-order valence-corrected chi connectivity index (χ3v) is 4.39. The molecule has 0 spiro atoms. The molecule has 0 bridgehead atoms. The third kappa shape index (κ3) is 2.78. The minimum absolute atomic E-state index is 0.262. The molecule has 4 rings (SSSR count). The van der Waals surface area contributed by atoms with E-state index >= 15 is 0 Å². The van der Waals surface area contributed by atoms with E-state index in [9.17, 15) is 0 Å². The highest BCUT2D eigenvalue weighted by molar-refractivity contribution is 5.59. The second-order valence-corrected chi connectivity index (χ2v) is 5.92. The Kier molecular flexibility index (Phi) is 3.69. The summed E-state index contributed by atoms with van der Waals surface area (Å²) in [5.41, 5.74) is 5.35. The molecule has 0 saturated carbocycles. The van der Waals surface area contributed by atoms with Crippen molar-refractivity contribution in [2.24, 2.45) is 0 Å². The number of benzene rings is 3. The van der Waals surface area contributed by atoms with Crippen molar-refractivity contribution in [2.75, 3.05) is 0 Å². The largest absolute Gasteiger partial charge is 0.362 e. The van der Waals surface area contributed by atoms with E-state index in [0.29, 0.717) is 0 Å².